The molecule has 2 aliphatic rings. The van der Waals surface area contributed by atoms with Crippen LogP contribution in [0.5, 0.6) is 11.5 Å². The minimum atomic E-state index is -1.21. The Morgan fingerprint density at radius 3 is 2.55 bits per heavy atom. The van der Waals surface area contributed by atoms with Crippen molar-refractivity contribution >= 4 is 57.6 Å². The lowest BCUT2D eigenvalue weighted by Crippen LogP contribution is -2.55. The van der Waals surface area contributed by atoms with Gasteiger partial charge in [-0.15, -0.1) is 0 Å². The van der Waals surface area contributed by atoms with Gasteiger partial charge < -0.3 is 35.0 Å². The Balaban J connectivity index is 1.72. The second-order valence-electron chi connectivity index (χ2n) is 9.76. The molecule has 40 heavy (non-hydrogen) atoms. The van der Waals surface area contributed by atoms with Gasteiger partial charge in [-0.2, -0.15) is 0 Å². The molecule has 0 aliphatic heterocycles. The molecular formula is C28H31Cl2IN2O7. The van der Waals surface area contributed by atoms with E-state index in [1.807, 2.05) is 0 Å². The van der Waals surface area contributed by atoms with E-state index in [1.54, 1.807) is 41.3 Å². The molecule has 0 spiro atoms. The van der Waals surface area contributed by atoms with Gasteiger partial charge in [-0.3, -0.25) is 9.59 Å². The first kappa shape index (κ1) is 30.9. The van der Waals surface area contributed by atoms with Crippen LogP contribution >= 0.6 is 45.8 Å². The smallest absolute Gasteiger partial charge is 0.247 e. The van der Waals surface area contributed by atoms with Crippen molar-refractivity contribution in [3.05, 3.63) is 66.7 Å². The number of nitrogens with one attached hydrogen (secondary N) is 1. The first-order valence-electron chi connectivity index (χ1n) is 12.8. The molecule has 9 nitrogen and oxygen atoms in total. The van der Waals surface area contributed by atoms with Gasteiger partial charge in [0, 0.05) is 41.0 Å². The lowest BCUT2D eigenvalue weighted by Gasteiger charge is -2.41. The number of carbonyl (C=O) groups is 2. The maximum absolute atomic E-state index is 13.6. The van der Waals surface area contributed by atoms with Crippen molar-refractivity contribution in [2.75, 3.05) is 20.3 Å². The highest BCUT2D eigenvalue weighted by Gasteiger charge is 2.44. The molecule has 2 aromatic carbocycles. The number of nitrogens with zero attached hydrogens (tertiary/aromatic N) is 1. The molecule has 1 saturated carbocycles. The van der Waals surface area contributed by atoms with Crippen LogP contribution in [0.1, 0.15) is 30.4 Å². The molecule has 0 aromatic heterocycles. The molecule has 216 valence electrons. The number of hydrogen-bond acceptors (Lipinski definition) is 7. The topological polar surface area (TPSA) is 129 Å². The Morgan fingerprint density at radius 2 is 1.93 bits per heavy atom. The second-order valence-corrected chi connectivity index (χ2v) is 11.8. The normalized spacial score (nSPS) is 20.5. The SMILES string of the molecule is COc1cc(CO)cc(I)c1OC1C=C(C(=O)NCCO)CC(N(Cc2ccc(Cl)cc2Cl)C(=O)C2CC2)C1O. The third kappa shape index (κ3) is 7.21. The van der Waals surface area contributed by atoms with Crippen molar-refractivity contribution in [1.29, 1.82) is 0 Å². The van der Waals surface area contributed by atoms with Crippen LogP contribution in [0.25, 0.3) is 0 Å². The Labute approximate surface area is 256 Å². The summed E-state index contributed by atoms with van der Waals surface area (Å²) in [4.78, 5) is 28.2. The Bertz CT molecular complexity index is 1290. The largest absolute Gasteiger partial charge is 0.493 e. The van der Waals surface area contributed by atoms with Gasteiger partial charge in [0.1, 0.15) is 12.2 Å². The molecule has 3 unspecified atom stereocenters. The number of methoxy groups -OCH3 is 1. The Kier molecular flexibility index (Phi) is 10.6. The summed E-state index contributed by atoms with van der Waals surface area (Å²) in [6.07, 6.45) is 0.877. The minimum absolute atomic E-state index is 0.0500. The molecular weight excluding hydrogens is 674 g/mol. The second kappa shape index (κ2) is 13.7. The lowest BCUT2D eigenvalue weighted by molar-refractivity contribution is -0.140. The van der Waals surface area contributed by atoms with Crippen molar-refractivity contribution in [3.8, 4) is 11.5 Å². The quantitative estimate of drug-likeness (QED) is 0.264. The Hall–Kier alpha value is -2.09. The molecule has 3 atom stereocenters. The zero-order valence-corrected chi connectivity index (χ0v) is 25.4. The molecule has 4 rings (SSSR count). The number of rotatable bonds is 11. The van der Waals surface area contributed by atoms with Gasteiger partial charge in [-0.1, -0.05) is 29.3 Å². The number of aliphatic hydroxyl groups excluding tert-OH is 3. The summed E-state index contributed by atoms with van der Waals surface area (Å²) in [7, 11) is 1.47. The molecule has 2 amide bonds. The number of hydrogen-bond donors (Lipinski definition) is 4. The molecule has 0 radical (unpaired) electrons. The summed E-state index contributed by atoms with van der Waals surface area (Å²) < 4.78 is 12.4. The zero-order chi connectivity index (χ0) is 29.0. The van der Waals surface area contributed by atoms with Gasteiger partial charge in [0.15, 0.2) is 11.5 Å². The van der Waals surface area contributed by atoms with E-state index < -0.39 is 24.2 Å². The highest BCUT2D eigenvalue weighted by molar-refractivity contribution is 14.1. The van der Waals surface area contributed by atoms with E-state index in [9.17, 15) is 24.9 Å². The van der Waals surface area contributed by atoms with Gasteiger partial charge >= 0.3 is 0 Å². The lowest BCUT2D eigenvalue weighted by atomic mass is 9.87. The summed E-state index contributed by atoms with van der Waals surface area (Å²) in [6.45, 7) is -0.272. The number of halogens is 3. The predicted molar refractivity (Wildman–Crippen MR) is 158 cm³/mol. The summed E-state index contributed by atoms with van der Waals surface area (Å²) in [5.41, 5.74) is 1.59. The third-order valence-electron chi connectivity index (χ3n) is 6.91. The Morgan fingerprint density at radius 1 is 1.18 bits per heavy atom. The molecule has 2 aromatic rings. The van der Waals surface area contributed by atoms with Crippen molar-refractivity contribution in [2.45, 2.75) is 50.7 Å². The van der Waals surface area contributed by atoms with E-state index in [0.29, 0.717) is 41.8 Å². The molecule has 2 aliphatic carbocycles. The molecule has 12 heteroatoms. The number of aliphatic hydroxyl groups is 3. The van der Waals surface area contributed by atoms with Crippen molar-refractivity contribution in [3.63, 3.8) is 0 Å². The first-order valence-corrected chi connectivity index (χ1v) is 14.7. The van der Waals surface area contributed by atoms with E-state index in [-0.39, 0.29) is 44.5 Å². The summed E-state index contributed by atoms with van der Waals surface area (Å²) in [6, 6.07) is 7.57. The zero-order valence-electron chi connectivity index (χ0n) is 21.8. The number of ether oxygens (including phenoxy) is 2. The van der Waals surface area contributed by atoms with Crippen LogP contribution in [0.4, 0.5) is 0 Å². The van der Waals surface area contributed by atoms with Gasteiger partial charge in [0.25, 0.3) is 0 Å². The summed E-state index contributed by atoms with van der Waals surface area (Å²) in [5, 5.41) is 34.0. The minimum Gasteiger partial charge on any atom is -0.493 e. The molecule has 0 bridgehead atoms. The average molecular weight is 705 g/mol. The maximum atomic E-state index is 13.6. The van der Waals surface area contributed by atoms with Crippen LogP contribution in [0.2, 0.25) is 10.0 Å². The van der Waals surface area contributed by atoms with E-state index in [0.717, 1.165) is 12.8 Å². The monoisotopic (exact) mass is 704 g/mol. The first-order chi connectivity index (χ1) is 19.2. The van der Waals surface area contributed by atoms with Gasteiger partial charge in [0.2, 0.25) is 11.8 Å². The van der Waals surface area contributed by atoms with Crippen LogP contribution in [-0.4, -0.2) is 70.5 Å². The number of amides is 2. The summed E-state index contributed by atoms with van der Waals surface area (Å²) >= 11 is 14.6. The molecule has 1 fully saturated rings. The third-order valence-corrected chi connectivity index (χ3v) is 8.29. The van der Waals surface area contributed by atoms with Crippen molar-refractivity contribution in [1.82, 2.24) is 10.2 Å². The van der Waals surface area contributed by atoms with Crippen LogP contribution in [-0.2, 0) is 22.7 Å². The molecule has 0 heterocycles. The fraction of sp³-hybridized carbons (Fsp3) is 0.429. The van der Waals surface area contributed by atoms with Gasteiger partial charge in [-0.05, 0) is 76.9 Å². The van der Waals surface area contributed by atoms with Crippen molar-refractivity contribution < 1.29 is 34.4 Å². The van der Waals surface area contributed by atoms with Crippen LogP contribution in [0.3, 0.4) is 0 Å². The van der Waals surface area contributed by atoms with Gasteiger partial charge in [-0.25, -0.2) is 0 Å². The van der Waals surface area contributed by atoms with E-state index in [1.165, 1.54) is 7.11 Å². The highest BCUT2D eigenvalue weighted by Crippen LogP contribution is 2.39. The highest BCUT2D eigenvalue weighted by atomic mass is 127. The number of carbonyl (C=O) groups excluding carboxylic acids is 2. The van der Waals surface area contributed by atoms with Gasteiger partial charge in [0.05, 0.1) is 29.9 Å². The van der Waals surface area contributed by atoms with E-state index in [2.05, 4.69) is 27.9 Å². The van der Waals surface area contributed by atoms with Crippen LogP contribution in [0.15, 0.2) is 42.0 Å². The maximum Gasteiger partial charge on any atom is 0.247 e. The fourth-order valence-electron chi connectivity index (χ4n) is 4.65. The molecule has 4 N–H and O–H groups in total. The van der Waals surface area contributed by atoms with Crippen LogP contribution in [0, 0.1) is 9.49 Å². The predicted octanol–water partition coefficient (Wildman–Crippen LogP) is 3.45. The average Bonchev–Trinajstić information content (AvgIpc) is 3.78. The standard InChI is InChI=1S/C28H31Cl2IN2O7/c1-39-24-9-15(14-35)8-21(31)26(24)40-23-11-18(27(37)32-6-7-34)10-22(25(23)36)33(28(38)16-2-3-16)13-17-4-5-19(29)12-20(17)30/h4-5,8-9,11-12,16,22-23,25,34-36H,2-3,6-7,10,13-14H2,1H3,(H,32,37). The van der Waals surface area contributed by atoms with Crippen LogP contribution < -0.4 is 14.8 Å². The summed E-state index contributed by atoms with van der Waals surface area (Å²) in [5.74, 6) is -0.0474. The number of benzene rings is 2. The van der Waals surface area contributed by atoms with E-state index >= 15 is 0 Å². The molecule has 0 saturated heterocycles. The fourth-order valence-corrected chi connectivity index (χ4v) is 5.91. The van der Waals surface area contributed by atoms with E-state index in [4.69, 9.17) is 32.7 Å². The van der Waals surface area contributed by atoms with Crippen molar-refractivity contribution in [2.24, 2.45) is 5.92 Å².